The minimum absolute atomic E-state index is 0.826. The van der Waals surface area contributed by atoms with Gasteiger partial charge in [-0.05, 0) is 38.4 Å². The van der Waals surface area contributed by atoms with Gasteiger partial charge in [-0.25, -0.2) is 0 Å². The molecule has 12 heavy (non-hydrogen) atoms. The van der Waals surface area contributed by atoms with Crippen LogP contribution in [0.4, 0.5) is 0 Å². The third kappa shape index (κ3) is 6.62. The average Bonchev–Trinajstić information content (AvgIpc) is 2.11. The van der Waals surface area contributed by atoms with Crippen LogP contribution in [0.3, 0.4) is 0 Å². The van der Waals surface area contributed by atoms with Crippen molar-refractivity contribution in [2.75, 3.05) is 19.6 Å². The zero-order valence-corrected chi connectivity index (χ0v) is 8.60. The Morgan fingerprint density at radius 2 is 1.83 bits per heavy atom. The van der Waals surface area contributed by atoms with Crippen molar-refractivity contribution in [3.8, 4) is 0 Å². The zero-order chi connectivity index (χ0) is 9.23. The van der Waals surface area contributed by atoms with E-state index in [1.807, 2.05) is 0 Å². The molecule has 0 aromatic rings. The maximum absolute atomic E-state index is 5.40. The van der Waals surface area contributed by atoms with Gasteiger partial charge in [-0.15, -0.1) is 0 Å². The van der Waals surface area contributed by atoms with Crippen LogP contribution in [0.15, 0.2) is 0 Å². The smallest absolute Gasteiger partial charge is 0.00207 e. The Morgan fingerprint density at radius 1 is 1.17 bits per heavy atom. The topological polar surface area (TPSA) is 38.0 Å². The van der Waals surface area contributed by atoms with Crippen LogP contribution in [0.5, 0.6) is 0 Å². The average molecular weight is 172 g/mol. The molecule has 0 aromatic heterocycles. The SMILES string of the molecule is CCC(CC)CNCCCCN. The summed E-state index contributed by atoms with van der Waals surface area (Å²) < 4.78 is 0. The van der Waals surface area contributed by atoms with Gasteiger partial charge < -0.3 is 11.1 Å². The van der Waals surface area contributed by atoms with Crippen molar-refractivity contribution in [3.63, 3.8) is 0 Å². The normalized spacial score (nSPS) is 11.0. The summed E-state index contributed by atoms with van der Waals surface area (Å²) >= 11 is 0. The number of rotatable bonds is 8. The molecule has 0 saturated carbocycles. The molecule has 2 heteroatoms. The van der Waals surface area contributed by atoms with Gasteiger partial charge in [0.15, 0.2) is 0 Å². The Balaban J connectivity index is 3.06. The number of nitrogens with two attached hydrogens (primary N) is 1. The Hall–Kier alpha value is -0.0800. The van der Waals surface area contributed by atoms with Crippen LogP contribution in [0.1, 0.15) is 39.5 Å². The van der Waals surface area contributed by atoms with Gasteiger partial charge in [0.2, 0.25) is 0 Å². The molecule has 0 aromatic carbocycles. The lowest BCUT2D eigenvalue weighted by atomic mass is 10.0. The van der Waals surface area contributed by atoms with Gasteiger partial charge in [-0.2, -0.15) is 0 Å². The second kappa shape index (κ2) is 9.01. The van der Waals surface area contributed by atoms with Crippen molar-refractivity contribution in [1.29, 1.82) is 0 Å². The largest absolute Gasteiger partial charge is 0.330 e. The molecule has 0 spiro atoms. The maximum Gasteiger partial charge on any atom is -0.00207 e. The van der Waals surface area contributed by atoms with Crippen LogP contribution in [0.2, 0.25) is 0 Å². The zero-order valence-electron chi connectivity index (χ0n) is 8.60. The van der Waals surface area contributed by atoms with Crippen LogP contribution in [-0.2, 0) is 0 Å². The molecule has 0 amide bonds. The third-order valence-electron chi connectivity index (χ3n) is 2.40. The maximum atomic E-state index is 5.40. The van der Waals surface area contributed by atoms with Crippen LogP contribution in [-0.4, -0.2) is 19.6 Å². The fourth-order valence-corrected chi connectivity index (χ4v) is 1.28. The van der Waals surface area contributed by atoms with Gasteiger partial charge >= 0.3 is 0 Å². The van der Waals surface area contributed by atoms with Crippen LogP contribution >= 0.6 is 0 Å². The van der Waals surface area contributed by atoms with Crippen LogP contribution < -0.4 is 11.1 Å². The Labute approximate surface area is 76.9 Å². The highest BCUT2D eigenvalue weighted by Crippen LogP contribution is 2.04. The minimum Gasteiger partial charge on any atom is -0.330 e. The van der Waals surface area contributed by atoms with Crippen molar-refractivity contribution in [2.45, 2.75) is 39.5 Å². The number of unbranched alkanes of at least 4 members (excludes halogenated alkanes) is 1. The lowest BCUT2D eigenvalue weighted by Crippen LogP contribution is -2.23. The molecule has 0 fully saturated rings. The first-order valence-electron chi connectivity index (χ1n) is 5.25. The van der Waals surface area contributed by atoms with Crippen molar-refractivity contribution in [3.05, 3.63) is 0 Å². The molecule has 0 aliphatic heterocycles. The van der Waals surface area contributed by atoms with E-state index in [1.165, 1.54) is 25.8 Å². The summed E-state index contributed by atoms with van der Waals surface area (Å²) in [5.41, 5.74) is 5.40. The fourth-order valence-electron chi connectivity index (χ4n) is 1.28. The molecule has 3 N–H and O–H groups in total. The summed E-state index contributed by atoms with van der Waals surface area (Å²) in [7, 11) is 0. The Bertz CT molecular complexity index is 79.9. The van der Waals surface area contributed by atoms with Crippen molar-refractivity contribution in [1.82, 2.24) is 5.32 Å². The van der Waals surface area contributed by atoms with E-state index in [-0.39, 0.29) is 0 Å². The van der Waals surface area contributed by atoms with Crippen LogP contribution in [0.25, 0.3) is 0 Å². The molecule has 0 unspecified atom stereocenters. The molecule has 0 radical (unpaired) electrons. The van der Waals surface area contributed by atoms with Crippen molar-refractivity contribution >= 4 is 0 Å². The van der Waals surface area contributed by atoms with E-state index in [4.69, 9.17) is 5.73 Å². The van der Waals surface area contributed by atoms with Gasteiger partial charge in [0.25, 0.3) is 0 Å². The van der Waals surface area contributed by atoms with E-state index in [1.54, 1.807) is 0 Å². The number of nitrogens with one attached hydrogen (secondary N) is 1. The highest BCUT2D eigenvalue weighted by molar-refractivity contribution is 4.58. The molecule has 0 atom stereocenters. The Kier molecular flexibility index (Phi) is 8.95. The van der Waals surface area contributed by atoms with Crippen molar-refractivity contribution < 1.29 is 0 Å². The fraction of sp³-hybridized carbons (Fsp3) is 1.00. The first kappa shape index (κ1) is 11.9. The second-order valence-electron chi connectivity index (χ2n) is 3.38. The molecule has 0 aliphatic carbocycles. The lowest BCUT2D eigenvalue weighted by molar-refractivity contribution is 0.446. The molecular weight excluding hydrogens is 148 g/mol. The van der Waals surface area contributed by atoms with Gasteiger partial charge in [0, 0.05) is 0 Å². The number of hydrogen-bond donors (Lipinski definition) is 2. The van der Waals surface area contributed by atoms with Gasteiger partial charge in [0.1, 0.15) is 0 Å². The first-order valence-corrected chi connectivity index (χ1v) is 5.25. The molecule has 0 aliphatic rings. The molecule has 2 nitrogen and oxygen atoms in total. The van der Waals surface area contributed by atoms with E-state index in [9.17, 15) is 0 Å². The Morgan fingerprint density at radius 3 is 2.33 bits per heavy atom. The van der Waals surface area contributed by atoms with Gasteiger partial charge in [0.05, 0.1) is 0 Å². The summed E-state index contributed by atoms with van der Waals surface area (Å²) in [4.78, 5) is 0. The predicted octanol–water partition coefficient (Wildman–Crippen LogP) is 1.75. The lowest BCUT2D eigenvalue weighted by Gasteiger charge is -2.12. The van der Waals surface area contributed by atoms with Gasteiger partial charge in [-0.3, -0.25) is 0 Å². The summed E-state index contributed by atoms with van der Waals surface area (Å²) in [6.07, 6.45) is 4.95. The standard InChI is InChI=1S/C10H24N2/c1-3-10(4-2)9-12-8-6-5-7-11/h10,12H,3-9,11H2,1-2H3. The van der Waals surface area contributed by atoms with Gasteiger partial charge in [-0.1, -0.05) is 26.7 Å². The summed E-state index contributed by atoms with van der Waals surface area (Å²) in [5, 5.41) is 3.47. The summed E-state index contributed by atoms with van der Waals surface area (Å²) in [6.45, 7) is 7.66. The third-order valence-corrected chi connectivity index (χ3v) is 2.40. The first-order chi connectivity index (χ1) is 5.85. The quantitative estimate of drug-likeness (QED) is 0.547. The monoisotopic (exact) mass is 172 g/mol. The summed E-state index contributed by atoms with van der Waals surface area (Å²) in [5.74, 6) is 0.864. The number of hydrogen-bond acceptors (Lipinski definition) is 2. The van der Waals surface area contributed by atoms with E-state index in [0.717, 1.165) is 25.4 Å². The van der Waals surface area contributed by atoms with Crippen molar-refractivity contribution in [2.24, 2.45) is 11.7 Å². The second-order valence-corrected chi connectivity index (χ2v) is 3.38. The van der Waals surface area contributed by atoms with E-state index >= 15 is 0 Å². The molecule has 74 valence electrons. The molecular formula is C10H24N2. The highest BCUT2D eigenvalue weighted by Gasteiger charge is 2.00. The highest BCUT2D eigenvalue weighted by atomic mass is 14.8. The van der Waals surface area contributed by atoms with E-state index in [2.05, 4.69) is 19.2 Å². The summed E-state index contributed by atoms with van der Waals surface area (Å²) in [6, 6.07) is 0. The predicted molar refractivity (Wildman–Crippen MR) is 55.2 cm³/mol. The van der Waals surface area contributed by atoms with E-state index in [0.29, 0.717) is 0 Å². The molecule has 0 saturated heterocycles. The van der Waals surface area contributed by atoms with Crippen LogP contribution in [0, 0.1) is 5.92 Å². The molecule has 0 rings (SSSR count). The molecule has 0 bridgehead atoms. The van der Waals surface area contributed by atoms with E-state index < -0.39 is 0 Å². The minimum atomic E-state index is 0.826. The molecule has 0 heterocycles.